The first-order valence-electron chi connectivity index (χ1n) is 8.76. The molecule has 0 radical (unpaired) electrons. The molecule has 0 bridgehead atoms. The highest BCUT2D eigenvalue weighted by molar-refractivity contribution is 5.78. The zero-order chi connectivity index (χ0) is 15.6. The minimum atomic E-state index is -0.0892. The number of hydrogen-bond donors (Lipinski definition) is 1. The van der Waals surface area contributed by atoms with E-state index in [1.807, 2.05) is 0 Å². The van der Waals surface area contributed by atoms with E-state index in [1.165, 1.54) is 24.0 Å². The van der Waals surface area contributed by atoms with Crippen LogP contribution in [0.4, 0.5) is 0 Å². The Morgan fingerprint density at radius 3 is 2.55 bits per heavy atom. The van der Waals surface area contributed by atoms with Crippen molar-refractivity contribution in [3.05, 3.63) is 35.4 Å². The molecule has 2 fully saturated rings. The molecular weight excluding hydrogens is 272 g/mol. The van der Waals surface area contributed by atoms with Gasteiger partial charge in [0.2, 0.25) is 5.91 Å². The Kier molecular flexibility index (Phi) is 4.53. The first-order chi connectivity index (χ1) is 10.6. The third-order valence-electron chi connectivity index (χ3n) is 5.17. The van der Waals surface area contributed by atoms with E-state index in [2.05, 4.69) is 36.1 Å². The van der Waals surface area contributed by atoms with E-state index in [9.17, 15) is 4.79 Å². The number of rotatable bonds is 4. The molecule has 2 aliphatic rings. The van der Waals surface area contributed by atoms with Gasteiger partial charge in [-0.25, -0.2) is 0 Å². The van der Waals surface area contributed by atoms with Crippen LogP contribution in [0.15, 0.2) is 24.3 Å². The number of nitrogens with two attached hydrogens (primary N) is 1. The Balaban J connectivity index is 1.63. The van der Waals surface area contributed by atoms with Gasteiger partial charge in [0.25, 0.3) is 0 Å². The van der Waals surface area contributed by atoms with Crippen LogP contribution < -0.4 is 5.73 Å². The van der Waals surface area contributed by atoms with E-state index >= 15 is 0 Å². The molecule has 3 heteroatoms. The molecule has 1 amide bonds. The standard InChI is InChI=1S/C19H28N2O/c1-15(18(22)21-11-4-2-3-5-12-21)13-16-7-6-8-17(14-16)19(20)9-10-19/h6-8,14-15H,2-5,9-13,20H2,1H3. The van der Waals surface area contributed by atoms with Crippen molar-refractivity contribution < 1.29 is 4.79 Å². The molecule has 1 aliphatic carbocycles. The summed E-state index contributed by atoms with van der Waals surface area (Å²) >= 11 is 0. The van der Waals surface area contributed by atoms with Crippen molar-refractivity contribution in [2.45, 2.75) is 57.4 Å². The summed E-state index contributed by atoms with van der Waals surface area (Å²) in [5.41, 5.74) is 8.67. The molecular formula is C19H28N2O. The average Bonchev–Trinajstić information content (AvgIpc) is 3.31. The summed E-state index contributed by atoms with van der Waals surface area (Å²) < 4.78 is 0. The highest BCUT2D eigenvalue weighted by atomic mass is 16.2. The van der Waals surface area contributed by atoms with Crippen LogP contribution in [0.3, 0.4) is 0 Å². The molecule has 2 N–H and O–H groups in total. The Labute approximate surface area is 133 Å². The number of carbonyl (C=O) groups is 1. The Bertz CT molecular complexity index is 528. The maximum atomic E-state index is 12.7. The second-order valence-electron chi connectivity index (χ2n) is 7.20. The van der Waals surface area contributed by atoms with Gasteiger partial charge in [0.1, 0.15) is 0 Å². The van der Waals surface area contributed by atoms with Gasteiger partial charge in [-0.1, -0.05) is 44.0 Å². The third kappa shape index (κ3) is 3.52. The van der Waals surface area contributed by atoms with Crippen LogP contribution in [0, 0.1) is 5.92 Å². The van der Waals surface area contributed by atoms with E-state index in [4.69, 9.17) is 5.73 Å². The molecule has 3 nitrogen and oxygen atoms in total. The smallest absolute Gasteiger partial charge is 0.225 e. The van der Waals surface area contributed by atoms with Gasteiger partial charge >= 0.3 is 0 Å². The molecule has 1 heterocycles. The minimum Gasteiger partial charge on any atom is -0.342 e. The quantitative estimate of drug-likeness (QED) is 0.928. The fourth-order valence-corrected chi connectivity index (χ4v) is 3.47. The number of likely N-dealkylation sites (tertiary alicyclic amines) is 1. The van der Waals surface area contributed by atoms with Crippen molar-refractivity contribution in [2.24, 2.45) is 11.7 Å². The lowest BCUT2D eigenvalue weighted by Crippen LogP contribution is -2.36. The van der Waals surface area contributed by atoms with Crippen LogP contribution in [0.2, 0.25) is 0 Å². The SMILES string of the molecule is CC(Cc1cccc(C2(N)CC2)c1)C(=O)N1CCCCCC1. The number of nitrogens with zero attached hydrogens (tertiary/aromatic N) is 1. The lowest BCUT2D eigenvalue weighted by molar-refractivity contribution is -0.134. The van der Waals surface area contributed by atoms with Gasteiger partial charge in [0.05, 0.1) is 0 Å². The summed E-state index contributed by atoms with van der Waals surface area (Å²) in [6.45, 7) is 3.94. The molecule has 1 saturated carbocycles. The summed E-state index contributed by atoms with van der Waals surface area (Å²) in [6.07, 6.45) is 7.82. The lowest BCUT2D eigenvalue weighted by atomic mass is 9.95. The van der Waals surface area contributed by atoms with E-state index in [0.717, 1.165) is 45.2 Å². The van der Waals surface area contributed by atoms with Crippen molar-refractivity contribution in [3.63, 3.8) is 0 Å². The second kappa shape index (κ2) is 6.41. The van der Waals surface area contributed by atoms with Gasteiger partial charge in [0, 0.05) is 24.5 Å². The van der Waals surface area contributed by atoms with E-state index < -0.39 is 0 Å². The van der Waals surface area contributed by atoms with Gasteiger partial charge in [-0.2, -0.15) is 0 Å². The molecule has 22 heavy (non-hydrogen) atoms. The average molecular weight is 300 g/mol. The monoisotopic (exact) mass is 300 g/mol. The fourth-order valence-electron chi connectivity index (χ4n) is 3.47. The number of amides is 1. The van der Waals surface area contributed by atoms with Crippen molar-refractivity contribution in [1.82, 2.24) is 4.90 Å². The molecule has 3 rings (SSSR count). The zero-order valence-corrected chi connectivity index (χ0v) is 13.7. The number of carbonyl (C=O) groups excluding carboxylic acids is 1. The first-order valence-corrected chi connectivity index (χ1v) is 8.76. The zero-order valence-electron chi connectivity index (χ0n) is 13.7. The summed E-state index contributed by atoms with van der Waals surface area (Å²) in [5, 5.41) is 0. The Morgan fingerprint density at radius 1 is 1.23 bits per heavy atom. The molecule has 1 aromatic carbocycles. The molecule has 1 unspecified atom stereocenters. The van der Waals surface area contributed by atoms with E-state index in [1.54, 1.807) is 0 Å². The molecule has 1 aromatic rings. The second-order valence-corrected chi connectivity index (χ2v) is 7.20. The van der Waals surface area contributed by atoms with Crippen LogP contribution >= 0.6 is 0 Å². The van der Waals surface area contributed by atoms with Crippen LogP contribution in [0.1, 0.15) is 56.6 Å². The summed E-state index contributed by atoms with van der Waals surface area (Å²) in [4.78, 5) is 14.7. The van der Waals surface area contributed by atoms with Gasteiger partial charge in [-0.15, -0.1) is 0 Å². The van der Waals surface area contributed by atoms with Crippen molar-refractivity contribution >= 4 is 5.91 Å². The molecule has 1 saturated heterocycles. The van der Waals surface area contributed by atoms with Gasteiger partial charge in [-0.05, 0) is 43.2 Å². The van der Waals surface area contributed by atoms with Crippen molar-refractivity contribution in [2.75, 3.05) is 13.1 Å². The number of hydrogen-bond acceptors (Lipinski definition) is 2. The van der Waals surface area contributed by atoms with Gasteiger partial charge in [-0.3, -0.25) is 4.79 Å². The molecule has 0 spiro atoms. The first kappa shape index (κ1) is 15.5. The largest absolute Gasteiger partial charge is 0.342 e. The normalized spacial score (nSPS) is 22.0. The van der Waals surface area contributed by atoms with Crippen molar-refractivity contribution in [3.8, 4) is 0 Å². The maximum Gasteiger partial charge on any atom is 0.225 e. The van der Waals surface area contributed by atoms with Crippen LogP contribution in [-0.2, 0) is 16.8 Å². The summed E-state index contributed by atoms with van der Waals surface area (Å²) in [5.74, 6) is 0.377. The molecule has 0 aromatic heterocycles. The summed E-state index contributed by atoms with van der Waals surface area (Å²) in [6, 6.07) is 8.54. The fraction of sp³-hybridized carbons (Fsp3) is 0.632. The molecule has 1 atom stereocenters. The highest BCUT2D eigenvalue weighted by Gasteiger charge is 2.39. The lowest BCUT2D eigenvalue weighted by Gasteiger charge is -2.24. The Morgan fingerprint density at radius 2 is 1.91 bits per heavy atom. The third-order valence-corrected chi connectivity index (χ3v) is 5.17. The molecule has 120 valence electrons. The van der Waals surface area contributed by atoms with E-state index in [-0.39, 0.29) is 11.5 Å². The summed E-state index contributed by atoms with van der Waals surface area (Å²) in [7, 11) is 0. The topological polar surface area (TPSA) is 46.3 Å². The highest BCUT2D eigenvalue weighted by Crippen LogP contribution is 2.42. The van der Waals surface area contributed by atoms with Gasteiger partial charge in [0.15, 0.2) is 0 Å². The van der Waals surface area contributed by atoms with Crippen LogP contribution in [0.25, 0.3) is 0 Å². The van der Waals surface area contributed by atoms with Crippen LogP contribution in [0.5, 0.6) is 0 Å². The minimum absolute atomic E-state index is 0.0567. The van der Waals surface area contributed by atoms with Gasteiger partial charge < -0.3 is 10.6 Å². The predicted molar refractivity (Wildman–Crippen MR) is 89.5 cm³/mol. The Hall–Kier alpha value is -1.35. The predicted octanol–water partition coefficient (Wildman–Crippen LogP) is 3.22. The number of benzene rings is 1. The van der Waals surface area contributed by atoms with E-state index in [0.29, 0.717) is 5.91 Å². The maximum absolute atomic E-state index is 12.7. The van der Waals surface area contributed by atoms with Crippen molar-refractivity contribution in [1.29, 1.82) is 0 Å². The molecule has 1 aliphatic heterocycles. The van der Waals surface area contributed by atoms with Crippen LogP contribution in [-0.4, -0.2) is 23.9 Å².